The predicted octanol–water partition coefficient (Wildman–Crippen LogP) is 3.34. The lowest BCUT2D eigenvalue weighted by Crippen LogP contribution is -2.56. The number of carbonyl (C=O) groups excluding carboxylic acids is 1. The molecule has 0 radical (unpaired) electrons. The molecule has 4 aromatic rings. The van der Waals surface area contributed by atoms with Crippen LogP contribution >= 0.6 is 0 Å². The average Bonchev–Trinajstić information content (AvgIpc) is 3.62. The summed E-state index contributed by atoms with van der Waals surface area (Å²) in [7, 11) is 0. The molecule has 0 aromatic heterocycles. The molecule has 3 fully saturated rings. The molecule has 0 saturated carbocycles. The largest absolute Gasteiger partial charge is 0.448 e. The van der Waals surface area contributed by atoms with Crippen molar-refractivity contribution in [1.29, 1.82) is 0 Å². The van der Waals surface area contributed by atoms with E-state index in [0.29, 0.717) is 43.6 Å². The molecule has 3 aliphatic heterocycles. The quantitative estimate of drug-likeness (QED) is 0.109. The van der Waals surface area contributed by atoms with Gasteiger partial charge in [0.1, 0.15) is 43.2 Å². The number of fused-ring (bicyclic) bond motifs is 3. The SMILES string of the molecule is O=C(OCC1c2ccccc2-c2ccccc21)N1CCC(CN(CC(O)C(O)C2OC(c3ccccc3)OCC2O)CC(O)C(O)C2OC(c3ccccc3)OCC2O)CC1. The lowest BCUT2D eigenvalue weighted by atomic mass is 9.94. The molecule has 6 N–H and O–H groups in total. The lowest BCUT2D eigenvalue weighted by molar-refractivity contribution is -0.285. The number of carbonyl (C=O) groups is 1. The zero-order valence-corrected chi connectivity index (χ0v) is 33.9. The molecule has 3 saturated heterocycles. The molecule has 61 heavy (non-hydrogen) atoms. The average molecular weight is 841 g/mol. The summed E-state index contributed by atoms with van der Waals surface area (Å²) in [6, 6.07) is 34.6. The number of benzene rings is 4. The van der Waals surface area contributed by atoms with Crippen LogP contribution in [0.25, 0.3) is 11.1 Å². The van der Waals surface area contributed by atoms with Crippen LogP contribution in [-0.4, -0.2) is 148 Å². The smallest absolute Gasteiger partial charge is 0.409 e. The van der Waals surface area contributed by atoms with Gasteiger partial charge in [-0.05, 0) is 41.0 Å². The van der Waals surface area contributed by atoms with Crippen LogP contribution in [0.1, 0.15) is 53.6 Å². The monoisotopic (exact) mass is 840 g/mol. The van der Waals surface area contributed by atoms with E-state index < -0.39 is 61.4 Å². The fourth-order valence-electron chi connectivity index (χ4n) is 9.05. The molecular formula is C47H56N2O12. The summed E-state index contributed by atoms with van der Waals surface area (Å²) in [5, 5.41) is 67.5. The third kappa shape index (κ3) is 10.0. The Bertz CT molecular complexity index is 1900. The number of hydrogen-bond donors (Lipinski definition) is 6. The van der Waals surface area contributed by atoms with E-state index in [2.05, 4.69) is 24.3 Å². The summed E-state index contributed by atoms with van der Waals surface area (Å²) < 4.78 is 29.3. The molecule has 4 aliphatic rings. The zero-order valence-electron chi connectivity index (χ0n) is 33.9. The number of ether oxygens (including phenoxy) is 5. The van der Waals surface area contributed by atoms with Crippen molar-refractivity contribution in [2.45, 2.75) is 80.2 Å². The standard InChI is InChI=1S/C47H56N2O12/c50-37(41(54)43-39(52)27-57-45(60-43)30-11-3-1-4-12-30)24-48(25-38(51)42(55)44-40(53)28-58-46(61-44)31-13-5-2-6-14-31)23-29-19-21-49(22-20-29)47(56)59-26-36-34-17-9-7-15-32(34)33-16-8-10-18-35(33)36/h1-18,29,36-46,50-55H,19-28H2. The molecule has 3 heterocycles. The molecular weight excluding hydrogens is 785 g/mol. The molecule has 326 valence electrons. The van der Waals surface area contributed by atoms with E-state index in [9.17, 15) is 35.4 Å². The third-order valence-electron chi connectivity index (χ3n) is 12.4. The highest BCUT2D eigenvalue weighted by atomic mass is 16.7. The number of rotatable bonds is 14. The second kappa shape index (κ2) is 19.8. The van der Waals surface area contributed by atoms with E-state index in [4.69, 9.17) is 23.7 Å². The second-order valence-corrected chi connectivity index (χ2v) is 16.6. The minimum absolute atomic E-state index is 0.00563. The van der Waals surface area contributed by atoms with Crippen molar-refractivity contribution in [2.24, 2.45) is 5.92 Å². The van der Waals surface area contributed by atoms with Crippen molar-refractivity contribution in [3.8, 4) is 11.1 Å². The zero-order chi connectivity index (χ0) is 42.5. The summed E-state index contributed by atoms with van der Waals surface area (Å²) in [6.07, 6.45) is -11.7. The number of nitrogens with zero attached hydrogens (tertiary/aromatic N) is 2. The summed E-state index contributed by atoms with van der Waals surface area (Å²) in [6.45, 7) is 0.838. The van der Waals surface area contributed by atoms with Gasteiger partial charge in [0.15, 0.2) is 12.6 Å². The highest BCUT2D eigenvalue weighted by molar-refractivity contribution is 5.79. The minimum Gasteiger partial charge on any atom is -0.448 e. The van der Waals surface area contributed by atoms with Crippen LogP contribution in [0.15, 0.2) is 109 Å². The van der Waals surface area contributed by atoms with Gasteiger partial charge in [-0.1, -0.05) is 109 Å². The maximum absolute atomic E-state index is 13.4. The van der Waals surface area contributed by atoms with Gasteiger partial charge in [-0.2, -0.15) is 0 Å². The van der Waals surface area contributed by atoms with Crippen LogP contribution in [0.3, 0.4) is 0 Å². The van der Waals surface area contributed by atoms with Crippen molar-refractivity contribution in [3.63, 3.8) is 0 Å². The lowest BCUT2D eigenvalue weighted by Gasteiger charge is -2.41. The van der Waals surface area contributed by atoms with Gasteiger partial charge in [0.25, 0.3) is 0 Å². The first kappa shape index (κ1) is 43.4. The van der Waals surface area contributed by atoms with E-state index in [0.717, 1.165) is 22.3 Å². The van der Waals surface area contributed by atoms with Gasteiger partial charge >= 0.3 is 6.09 Å². The molecule has 1 aliphatic carbocycles. The Kier molecular flexibility index (Phi) is 14.1. The first-order chi connectivity index (χ1) is 29.6. The van der Waals surface area contributed by atoms with E-state index in [1.54, 1.807) is 34.1 Å². The summed E-state index contributed by atoms with van der Waals surface area (Å²) >= 11 is 0. The number of aliphatic hydroxyl groups excluding tert-OH is 6. The van der Waals surface area contributed by atoms with Gasteiger partial charge < -0.3 is 59.2 Å². The molecule has 4 aromatic carbocycles. The summed E-state index contributed by atoms with van der Waals surface area (Å²) in [4.78, 5) is 16.9. The van der Waals surface area contributed by atoms with E-state index in [-0.39, 0.29) is 50.8 Å². The number of hydrogen-bond acceptors (Lipinski definition) is 13. The van der Waals surface area contributed by atoms with Gasteiger partial charge in [0.05, 0.1) is 25.4 Å². The topological polar surface area (TPSA) is 191 Å². The molecule has 14 nitrogen and oxygen atoms in total. The van der Waals surface area contributed by atoms with Gasteiger partial charge in [-0.15, -0.1) is 0 Å². The van der Waals surface area contributed by atoms with Crippen molar-refractivity contribution >= 4 is 6.09 Å². The number of aliphatic hydroxyl groups is 6. The third-order valence-corrected chi connectivity index (χ3v) is 12.4. The Balaban J connectivity index is 0.909. The molecule has 0 spiro atoms. The first-order valence-corrected chi connectivity index (χ1v) is 21.2. The highest BCUT2D eigenvalue weighted by Crippen LogP contribution is 2.44. The Morgan fingerprint density at radius 2 is 1.10 bits per heavy atom. The Morgan fingerprint density at radius 3 is 1.57 bits per heavy atom. The maximum Gasteiger partial charge on any atom is 0.409 e. The van der Waals surface area contributed by atoms with Crippen LogP contribution in [0, 0.1) is 5.92 Å². The van der Waals surface area contributed by atoms with Crippen molar-refractivity contribution in [3.05, 3.63) is 131 Å². The van der Waals surface area contributed by atoms with E-state index >= 15 is 0 Å². The normalized spacial score (nSPS) is 26.6. The minimum atomic E-state index is -1.54. The van der Waals surface area contributed by atoms with E-state index in [1.807, 2.05) is 60.7 Å². The van der Waals surface area contributed by atoms with Gasteiger partial charge in [0, 0.05) is 49.8 Å². The fourth-order valence-corrected chi connectivity index (χ4v) is 9.05. The molecule has 1 amide bonds. The molecule has 10 atom stereocenters. The predicted molar refractivity (Wildman–Crippen MR) is 222 cm³/mol. The van der Waals surface area contributed by atoms with Crippen molar-refractivity contribution < 1.29 is 59.1 Å². The van der Waals surface area contributed by atoms with Crippen LogP contribution in [0.5, 0.6) is 0 Å². The number of piperidine rings is 1. The van der Waals surface area contributed by atoms with Crippen LogP contribution in [0.2, 0.25) is 0 Å². The Hall–Kier alpha value is -4.29. The van der Waals surface area contributed by atoms with Crippen molar-refractivity contribution in [1.82, 2.24) is 9.80 Å². The summed E-state index contributed by atoms with van der Waals surface area (Å²) in [5.74, 6) is -0.0502. The molecule has 8 rings (SSSR count). The fraction of sp³-hybridized carbons (Fsp3) is 0.468. The number of likely N-dealkylation sites (tertiary alicyclic amines) is 1. The second-order valence-electron chi connectivity index (χ2n) is 16.6. The van der Waals surface area contributed by atoms with Gasteiger partial charge in [-0.3, -0.25) is 4.90 Å². The van der Waals surface area contributed by atoms with Gasteiger partial charge in [0.2, 0.25) is 0 Å². The van der Waals surface area contributed by atoms with Crippen LogP contribution in [0.4, 0.5) is 4.79 Å². The first-order valence-electron chi connectivity index (χ1n) is 21.2. The Morgan fingerprint density at radius 1 is 0.656 bits per heavy atom. The Labute approximate surface area is 355 Å². The molecule has 0 bridgehead atoms. The summed E-state index contributed by atoms with van der Waals surface area (Å²) in [5.41, 5.74) is 5.96. The number of amides is 1. The van der Waals surface area contributed by atoms with Crippen molar-refractivity contribution in [2.75, 3.05) is 52.5 Å². The maximum atomic E-state index is 13.4. The molecule has 14 heteroatoms. The van der Waals surface area contributed by atoms with E-state index in [1.165, 1.54) is 0 Å². The highest BCUT2D eigenvalue weighted by Gasteiger charge is 2.43. The van der Waals surface area contributed by atoms with Gasteiger partial charge in [-0.25, -0.2) is 4.79 Å². The van der Waals surface area contributed by atoms with Crippen LogP contribution in [-0.2, 0) is 23.7 Å². The molecule has 10 unspecified atom stereocenters. The van der Waals surface area contributed by atoms with Crippen LogP contribution < -0.4 is 0 Å².